The molecular weight excluding hydrogens is 1170 g/mol. The predicted octanol–water partition coefficient (Wildman–Crippen LogP) is 26.0. The third-order valence-electron chi connectivity index (χ3n) is 16.5. The number of rotatable bonds is 72. The van der Waals surface area contributed by atoms with Crippen molar-refractivity contribution in [1.29, 1.82) is 0 Å². The van der Waals surface area contributed by atoms with E-state index in [1.807, 2.05) is 0 Å². The Kier molecular flexibility index (Phi) is 74.0. The second-order valence-corrected chi connectivity index (χ2v) is 26.9. The van der Waals surface area contributed by atoms with Crippen molar-refractivity contribution in [3.8, 4) is 0 Å². The predicted molar refractivity (Wildman–Crippen MR) is 404 cm³/mol. The van der Waals surface area contributed by atoms with Crippen LogP contribution in [0.4, 0.5) is 0 Å². The lowest BCUT2D eigenvalue weighted by Crippen LogP contribution is -2.29. The number of phosphoric ester groups is 1. The third-order valence-corrected chi connectivity index (χ3v) is 17.5. The Bertz CT molecular complexity index is 1990. The van der Waals surface area contributed by atoms with Gasteiger partial charge in [0.25, 0.3) is 0 Å². The second-order valence-electron chi connectivity index (χ2n) is 25.5. The van der Waals surface area contributed by atoms with Crippen LogP contribution in [0.15, 0.2) is 134 Å². The molecule has 2 atom stereocenters. The van der Waals surface area contributed by atoms with Gasteiger partial charge in [-0.25, -0.2) is 4.57 Å². The molecule has 0 fully saturated rings. The standard InChI is InChI=1S/C83H144NO8P/c1-3-5-7-9-11-13-15-17-19-21-23-25-27-29-31-33-35-37-38-39-40-41-42-44-46-48-50-52-54-56-58-60-62-64-66-68-70-72-74-76-83(86)92-81(80-91-93(87,88)90-78-77-84)79-89-82(85)75-73-71-69-67-65-63-61-59-57-55-53-51-49-47-45-43-36-34-32-30-28-26-24-22-20-18-16-14-12-10-8-6-4-2/h5-8,11-14,17-20,23-26,29,31,35,37,39-40,81H,3-4,9-10,15-16,21-22,27-28,30,32-34,36,38,41-80,84H2,1-2H3,(H,87,88)/b7-5-,8-6-,13-11-,14-12-,19-17-,20-18-,25-23-,26-24-,31-29-,37-35-,40-39-. The van der Waals surface area contributed by atoms with Crippen LogP contribution in [0.2, 0.25) is 0 Å². The molecule has 0 spiro atoms. The number of carbonyl (C=O) groups excluding carboxylic acids is 2. The molecular formula is C83H144NO8P. The first-order valence-electron chi connectivity index (χ1n) is 38.7. The largest absolute Gasteiger partial charge is 0.472 e. The Hall–Kier alpha value is -3.85. The number of allylic oxidation sites excluding steroid dienone is 22. The molecule has 0 rings (SSSR count). The van der Waals surface area contributed by atoms with Gasteiger partial charge in [0.15, 0.2) is 6.10 Å². The van der Waals surface area contributed by atoms with E-state index in [2.05, 4.69) is 148 Å². The van der Waals surface area contributed by atoms with Gasteiger partial charge in [-0.2, -0.15) is 0 Å². The molecule has 0 aliphatic rings. The summed E-state index contributed by atoms with van der Waals surface area (Å²) in [6.07, 6.45) is 110. The van der Waals surface area contributed by atoms with Crippen molar-refractivity contribution < 1.29 is 37.6 Å². The van der Waals surface area contributed by atoms with Gasteiger partial charge in [0.2, 0.25) is 0 Å². The zero-order chi connectivity index (χ0) is 67.2. The first-order valence-corrected chi connectivity index (χ1v) is 40.2. The van der Waals surface area contributed by atoms with Crippen LogP contribution in [0.1, 0.15) is 348 Å². The first kappa shape index (κ1) is 89.2. The fraction of sp³-hybridized carbons (Fsp3) is 0.711. The van der Waals surface area contributed by atoms with Crippen molar-refractivity contribution in [3.05, 3.63) is 134 Å². The lowest BCUT2D eigenvalue weighted by Gasteiger charge is -2.19. The van der Waals surface area contributed by atoms with E-state index in [0.717, 1.165) is 109 Å². The van der Waals surface area contributed by atoms with Crippen molar-refractivity contribution in [3.63, 3.8) is 0 Å². The van der Waals surface area contributed by atoms with Crippen LogP contribution < -0.4 is 5.73 Å². The van der Waals surface area contributed by atoms with Crippen molar-refractivity contribution >= 4 is 19.8 Å². The summed E-state index contributed by atoms with van der Waals surface area (Å²) >= 11 is 0. The summed E-state index contributed by atoms with van der Waals surface area (Å²) < 4.78 is 33.3. The summed E-state index contributed by atoms with van der Waals surface area (Å²) in [5, 5.41) is 0. The lowest BCUT2D eigenvalue weighted by atomic mass is 10.0. The molecule has 0 radical (unpaired) electrons. The Labute approximate surface area is 574 Å². The molecule has 0 aromatic rings. The van der Waals surface area contributed by atoms with Gasteiger partial charge in [0, 0.05) is 19.4 Å². The van der Waals surface area contributed by atoms with Crippen LogP contribution >= 0.6 is 7.82 Å². The topological polar surface area (TPSA) is 134 Å². The SMILES string of the molecule is CC/C=C\C/C=C\C/C=C\C/C=C\C/C=C\C/C=C\C/C=C\CCCCCCCCCCCCCCCCCCCC(=O)OC(COC(=O)CCCCCCCCCCCCCCCCCCCCCC/C=C\C/C=C\C/C=C\C/C=C\CC)COP(=O)(O)OCCN. The van der Waals surface area contributed by atoms with E-state index in [4.69, 9.17) is 24.3 Å². The zero-order valence-electron chi connectivity index (χ0n) is 60.2. The fourth-order valence-corrected chi connectivity index (χ4v) is 11.7. The average molecular weight is 1320 g/mol. The summed E-state index contributed by atoms with van der Waals surface area (Å²) in [7, 11) is -4.40. The van der Waals surface area contributed by atoms with E-state index in [9.17, 15) is 19.0 Å². The van der Waals surface area contributed by atoms with Crippen LogP contribution in [0, 0.1) is 0 Å². The minimum Gasteiger partial charge on any atom is -0.462 e. The summed E-state index contributed by atoms with van der Waals surface area (Å²) in [6, 6.07) is 0. The van der Waals surface area contributed by atoms with Gasteiger partial charge in [-0.3, -0.25) is 18.6 Å². The quantitative estimate of drug-likeness (QED) is 0.0264. The minimum absolute atomic E-state index is 0.0511. The van der Waals surface area contributed by atoms with E-state index in [0.29, 0.717) is 6.42 Å². The molecule has 0 heterocycles. The third kappa shape index (κ3) is 77.0. The molecule has 9 nitrogen and oxygen atoms in total. The van der Waals surface area contributed by atoms with Gasteiger partial charge in [-0.15, -0.1) is 0 Å². The molecule has 2 unspecified atom stereocenters. The first-order chi connectivity index (χ1) is 45.8. The van der Waals surface area contributed by atoms with Crippen molar-refractivity contribution in [2.24, 2.45) is 5.73 Å². The van der Waals surface area contributed by atoms with Crippen molar-refractivity contribution in [2.75, 3.05) is 26.4 Å². The molecule has 93 heavy (non-hydrogen) atoms. The molecule has 0 saturated carbocycles. The molecule has 0 aliphatic heterocycles. The van der Waals surface area contributed by atoms with Gasteiger partial charge in [0.05, 0.1) is 13.2 Å². The van der Waals surface area contributed by atoms with Crippen molar-refractivity contribution in [1.82, 2.24) is 0 Å². The Morgan fingerprint density at radius 3 is 0.828 bits per heavy atom. The molecule has 0 aliphatic carbocycles. The summed E-state index contributed by atoms with van der Waals surface area (Å²) in [6.45, 7) is 3.56. The number of hydrogen-bond acceptors (Lipinski definition) is 8. The minimum atomic E-state index is -4.40. The highest BCUT2D eigenvalue weighted by Crippen LogP contribution is 2.43. The maximum absolute atomic E-state index is 12.8. The van der Waals surface area contributed by atoms with Crippen molar-refractivity contribution in [2.45, 2.75) is 354 Å². The van der Waals surface area contributed by atoms with Crippen LogP contribution in [0.25, 0.3) is 0 Å². The average Bonchev–Trinajstić information content (AvgIpc) is 3.60. The van der Waals surface area contributed by atoms with Gasteiger partial charge >= 0.3 is 19.8 Å². The second kappa shape index (κ2) is 77.2. The highest BCUT2D eigenvalue weighted by atomic mass is 31.2. The Morgan fingerprint density at radius 2 is 0.559 bits per heavy atom. The number of nitrogens with two attached hydrogens (primary N) is 1. The summed E-state index contributed by atoms with van der Waals surface area (Å²) in [5.74, 6) is -0.816. The van der Waals surface area contributed by atoms with Gasteiger partial charge in [-0.05, 0) is 109 Å². The smallest absolute Gasteiger partial charge is 0.462 e. The van der Waals surface area contributed by atoms with E-state index < -0.39 is 26.5 Å². The van der Waals surface area contributed by atoms with Gasteiger partial charge in [0.1, 0.15) is 6.61 Å². The van der Waals surface area contributed by atoms with Gasteiger partial charge < -0.3 is 20.1 Å². The number of unbranched alkanes of at least 4 members (excludes halogenated alkanes) is 37. The molecule has 534 valence electrons. The van der Waals surface area contributed by atoms with Crippen LogP contribution in [-0.2, 0) is 32.7 Å². The lowest BCUT2D eigenvalue weighted by molar-refractivity contribution is -0.161. The molecule has 10 heteroatoms. The maximum atomic E-state index is 12.8. The maximum Gasteiger partial charge on any atom is 0.472 e. The van der Waals surface area contributed by atoms with Crippen LogP contribution in [0.3, 0.4) is 0 Å². The molecule has 0 bridgehead atoms. The number of carbonyl (C=O) groups is 2. The molecule has 0 aromatic heterocycles. The van der Waals surface area contributed by atoms with Crippen LogP contribution in [0.5, 0.6) is 0 Å². The summed E-state index contributed by atoms with van der Waals surface area (Å²) in [4.78, 5) is 35.5. The number of ether oxygens (including phenoxy) is 2. The normalized spacial score (nSPS) is 13.6. The van der Waals surface area contributed by atoms with E-state index in [-0.39, 0.29) is 38.6 Å². The Balaban J connectivity index is 3.82. The summed E-state index contributed by atoms with van der Waals surface area (Å²) in [5.41, 5.74) is 5.41. The highest BCUT2D eigenvalue weighted by Gasteiger charge is 2.26. The molecule has 0 amide bonds. The number of phosphoric acid groups is 1. The van der Waals surface area contributed by atoms with E-state index >= 15 is 0 Å². The highest BCUT2D eigenvalue weighted by molar-refractivity contribution is 7.47. The molecule has 0 aromatic carbocycles. The fourth-order valence-electron chi connectivity index (χ4n) is 10.9. The Morgan fingerprint density at radius 1 is 0.323 bits per heavy atom. The monoisotopic (exact) mass is 1310 g/mol. The number of hydrogen-bond donors (Lipinski definition) is 2. The molecule has 0 saturated heterocycles. The van der Waals surface area contributed by atoms with E-state index in [1.54, 1.807) is 0 Å². The van der Waals surface area contributed by atoms with E-state index in [1.165, 1.54) is 205 Å². The zero-order valence-corrected chi connectivity index (χ0v) is 61.1. The number of esters is 2. The molecule has 3 N–H and O–H groups in total. The van der Waals surface area contributed by atoms with Gasteiger partial charge in [-0.1, -0.05) is 359 Å². The van der Waals surface area contributed by atoms with Crippen LogP contribution in [-0.4, -0.2) is 49.3 Å².